The van der Waals surface area contributed by atoms with Crippen LogP contribution in [0, 0.1) is 10.1 Å². The molecule has 5 aromatic rings. The standard InChI is InChI=1S/C41H35N7O12/c1-21(49)25-9-17-30(32(50)19-25)46-40(56)26-10-18-31(33(51)20-26)45-38(54)22-3-13-28(14-4-22)44-41(57)34(35(60-2)36(42)52)47-39(55)23-5-11-27(12-6-23)43-37(53)24-7-15-29(16-8-24)48(58)59/h3-20,34-35,50-51H,1-2H3,(H2,42,52)(H,43,53)(H,44,57)(H,45,54)(H,46,56)(H,47,55). The molecule has 0 aromatic heterocycles. The lowest BCUT2D eigenvalue weighted by molar-refractivity contribution is -0.384. The monoisotopic (exact) mass is 817 g/mol. The molecular formula is C41H35N7O12. The summed E-state index contributed by atoms with van der Waals surface area (Å²) >= 11 is 0. The number of nitrogens with two attached hydrogens (primary N) is 1. The van der Waals surface area contributed by atoms with Crippen molar-refractivity contribution in [1.29, 1.82) is 0 Å². The van der Waals surface area contributed by atoms with Crippen molar-refractivity contribution in [2.45, 2.75) is 19.1 Å². The molecule has 19 heteroatoms. The Kier molecular flexibility index (Phi) is 13.3. The van der Waals surface area contributed by atoms with Gasteiger partial charge in [0.25, 0.3) is 29.3 Å². The Bertz CT molecular complexity index is 2510. The van der Waals surface area contributed by atoms with Gasteiger partial charge in [-0.25, -0.2) is 0 Å². The van der Waals surface area contributed by atoms with Gasteiger partial charge < -0.3 is 47.3 Å². The molecule has 2 unspecified atom stereocenters. The molecule has 19 nitrogen and oxygen atoms in total. The van der Waals surface area contributed by atoms with E-state index in [9.17, 15) is 53.9 Å². The minimum atomic E-state index is -1.64. The Hall–Kier alpha value is -8.45. The highest BCUT2D eigenvalue weighted by Gasteiger charge is 2.34. The van der Waals surface area contributed by atoms with E-state index in [1.807, 2.05) is 0 Å². The summed E-state index contributed by atoms with van der Waals surface area (Å²) in [4.78, 5) is 99.0. The van der Waals surface area contributed by atoms with Crippen molar-refractivity contribution in [3.63, 3.8) is 0 Å². The molecule has 0 fully saturated rings. The number of hydrogen-bond donors (Lipinski definition) is 8. The number of hydrogen-bond acceptors (Lipinski definition) is 12. The predicted molar refractivity (Wildman–Crippen MR) is 216 cm³/mol. The van der Waals surface area contributed by atoms with Crippen LogP contribution in [0.5, 0.6) is 11.5 Å². The first-order chi connectivity index (χ1) is 28.5. The Morgan fingerprint density at radius 3 is 1.48 bits per heavy atom. The van der Waals surface area contributed by atoms with E-state index < -0.39 is 58.3 Å². The van der Waals surface area contributed by atoms with Gasteiger partial charge >= 0.3 is 0 Å². The number of primary amides is 1. The second kappa shape index (κ2) is 18.7. The molecule has 0 spiro atoms. The zero-order valence-electron chi connectivity index (χ0n) is 31.5. The molecule has 5 aromatic carbocycles. The van der Waals surface area contributed by atoms with Gasteiger partial charge in [0.2, 0.25) is 11.8 Å². The number of anilines is 4. The Balaban J connectivity index is 1.19. The average Bonchev–Trinajstić information content (AvgIpc) is 3.22. The van der Waals surface area contributed by atoms with Crippen LogP contribution in [-0.2, 0) is 14.3 Å². The molecule has 0 aliphatic carbocycles. The van der Waals surface area contributed by atoms with Crippen molar-refractivity contribution in [2.24, 2.45) is 5.73 Å². The number of non-ortho nitro benzene ring substituents is 1. The van der Waals surface area contributed by atoms with Crippen molar-refractivity contribution in [3.05, 3.63) is 147 Å². The maximum Gasteiger partial charge on any atom is 0.269 e. The first-order valence-electron chi connectivity index (χ1n) is 17.5. The second-order valence-electron chi connectivity index (χ2n) is 12.8. The first-order valence-corrected chi connectivity index (χ1v) is 17.5. The number of methoxy groups -OCH3 is 1. The summed E-state index contributed by atoms with van der Waals surface area (Å²) in [6.07, 6.45) is -1.61. The third kappa shape index (κ3) is 10.5. The summed E-state index contributed by atoms with van der Waals surface area (Å²) in [7, 11) is 1.11. The fourth-order valence-electron chi connectivity index (χ4n) is 5.51. The van der Waals surface area contributed by atoms with Gasteiger partial charge in [-0.3, -0.25) is 43.7 Å². The maximum absolute atomic E-state index is 13.4. The summed E-state index contributed by atoms with van der Waals surface area (Å²) in [6, 6.07) is 21.8. The Morgan fingerprint density at radius 2 is 1.02 bits per heavy atom. The van der Waals surface area contributed by atoms with Crippen molar-refractivity contribution in [2.75, 3.05) is 28.4 Å². The number of phenolic OH excluding ortho intramolecular Hbond substituents is 2. The van der Waals surface area contributed by atoms with Gasteiger partial charge in [-0.15, -0.1) is 0 Å². The van der Waals surface area contributed by atoms with Crippen LogP contribution in [0.2, 0.25) is 0 Å². The molecule has 9 N–H and O–H groups in total. The molecule has 60 heavy (non-hydrogen) atoms. The number of nitro groups is 1. The molecule has 0 aliphatic rings. The maximum atomic E-state index is 13.4. The van der Waals surface area contributed by atoms with Crippen molar-refractivity contribution >= 4 is 69.7 Å². The summed E-state index contributed by atoms with van der Waals surface area (Å²) in [5.41, 5.74) is 6.18. The van der Waals surface area contributed by atoms with Gasteiger partial charge in [0.1, 0.15) is 17.5 Å². The van der Waals surface area contributed by atoms with Crippen LogP contribution in [0.4, 0.5) is 28.4 Å². The molecule has 0 bridgehead atoms. The van der Waals surface area contributed by atoms with E-state index in [2.05, 4.69) is 26.6 Å². The molecule has 0 heterocycles. The SMILES string of the molecule is COC(C(N)=O)C(NC(=O)c1ccc(NC(=O)c2ccc([N+](=O)[O-])cc2)cc1)C(=O)Nc1ccc(C(=O)Nc2ccc(C(=O)Nc3ccc(C(C)=O)cc3O)cc2O)cc1. The zero-order valence-corrected chi connectivity index (χ0v) is 31.5. The van der Waals surface area contributed by atoms with Gasteiger partial charge in [0.15, 0.2) is 11.9 Å². The van der Waals surface area contributed by atoms with Crippen LogP contribution in [0.15, 0.2) is 109 Å². The summed E-state index contributed by atoms with van der Waals surface area (Å²) in [5.74, 6) is -5.77. The fraction of sp³-hybridized carbons (Fsp3) is 0.0976. The van der Waals surface area contributed by atoms with Gasteiger partial charge in [-0.1, -0.05) is 0 Å². The van der Waals surface area contributed by atoms with E-state index >= 15 is 0 Å². The Morgan fingerprint density at radius 1 is 0.600 bits per heavy atom. The van der Waals surface area contributed by atoms with Crippen LogP contribution in [0.25, 0.3) is 0 Å². The van der Waals surface area contributed by atoms with Crippen molar-refractivity contribution in [3.8, 4) is 11.5 Å². The van der Waals surface area contributed by atoms with E-state index in [0.29, 0.717) is 0 Å². The minimum absolute atomic E-state index is 0.0103. The van der Waals surface area contributed by atoms with Gasteiger partial charge in [-0.2, -0.15) is 0 Å². The number of carbonyl (C=O) groups excluding carboxylic acids is 7. The first kappa shape index (κ1) is 42.7. The second-order valence-corrected chi connectivity index (χ2v) is 12.8. The predicted octanol–water partition coefficient (Wildman–Crippen LogP) is 4.20. The number of amides is 6. The van der Waals surface area contributed by atoms with E-state index in [1.54, 1.807) is 0 Å². The lowest BCUT2D eigenvalue weighted by Crippen LogP contribution is -2.56. The quantitative estimate of drug-likeness (QED) is 0.0319. The molecule has 0 radical (unpaired) electrons. The minimum Gasteiger partial charge on any atom is -0.506 e. The number of ether oxygens (including phenoxy) is 1. The number of nitrogens with zero attached hydrogens (tertiary/aromatic N) is 1. The van der Waals surface area contributed by atoms with Gasteiger partial charge in [0.05, 0.1) is 16.3 Å². The number of nitrogens with one attached hydrogen (secondary N) is 5. The number of aromatic hydroxyl groups is 2. The normalized spacial score (nSPS) is 11.6. The highest BCUT2D eigenvalue weighted by Crippen LogP contribution is 2.28. The lowest BCUT2D eigenvalue weighted by Gasteiger charge is -2.24. The van der Waals surface area contributed by atoms with Crippen LogP contribution >= 0.6 is 0 Å². The fourth-order valence-corrected chi connectivity index (χ4v) is 5.51. The van der Waals surface area contributed by atoms with Crippen LogP contribution in [-0.4, -0.2) is 75.6 Å². The highest BCUT2D eigenvalue weighted by atomic mass is 16.6. The molecule has 0 saturated heterocycles. The number of benzene rings is 5. The molecule has 0 aliphatic heterocycles. The van der Waals surface area contributed by atoms with E-state index in [4.69, 9.17) is 10.5 Å². The third-order valence-electron chi connectivity index (χ3n) is 8.73. The van der Waals surface area contributed by atoms with E-state index in [1.165, 1.54) is 110 Å². The number of ketones is 1. The number of phenols is 2. The van der Waals surface area contributed by atoms with Crippen molar-refractivity contribution in [1.82, 2.24) is 5.32 Å². The third-order valence-corrected chi connectivity index (χ3v) is 8.73. The summed E-state index contributed by atoms with van der Waals surface area (Å²) in [5, 5.41) is 44.1. The lowest BCUT2D eigenvalue weighted by atomic mass is 10.1. The average molecular weight is 818 g/mol. The van der Waals surface area contributed by atoms with E-state index in [0.717, 1.165) is 13.2 Å². The summed E-state index contributed by atoms with van der Waals surface area (Å²) in [6.45, 7) is 1.33. The van der Waals surface area contributed by atoms with Crippen LogP contribution in [0.3, 0.4) is 0 Å². The van der Waals surface area contributed by atoms with Gasteiger partial charge in [0, 0.05) is 58.4 Å². The number of carbonyl (C=O) groups is 7. The zero-order chi connectivity index (χ0) is 43.7. The number of rotatable bonds is 15. The van der Waals surface area contributed by atoms with E-state index in [-0.39, 0.29) is 67.8 Å². The van der Waals surface area contributed by atoms with Gasteiger partial charge in [-0.05, 0) is 104 Å². The number of nitro benzene ring substituents is 1. The topological polar surface area (TPSA) is 298 Å². The largest absolute Gasteiger partial charge is 0.506 e. The molecule has 5 rings (SSSR count). The molecule has 0 saturated carbocycles. The van der Waals surface area contributed by atoms with Crippen LogP contribution in [0.1, 0.15) is 58.7 Å². The highest BCUT2D eigenvalue weighted by molar-refractivity contribution is 6.09. The molecule has 6 amide bonds. The number of Topliss-reactive ketones (excluding diaryl/α,β-unsaturated/α-hetero) is 1. The smallest absolute Gasteiger partial charge is 0.269 e. The Labute approximate surface area is 339 Å². The van der Waals surface area contributed by atoms with Crippen LogP contribution < -0.4 is 32.3 Å². The summed E-state index contributed by atoms with van der Waals surface area (Å²) < 4.78 is 5.12. The molecule has 2 atom stereocenters. The molecule has 306 valence electrons. The van der Waals surface area contributed by atoms with Crippen molar-refractivity contribution < 1.29 is 53.4 Å². The molecular weight excluding hydrogens is 782 g/mol.